The summed E-state index contributed by atoms with van der Waals surface area (Å²) >= 11 is 0. The summed E-state index contributed by atoms with van der Waals surface area (Å²) in [6, 6.07) is 0.547. The van der Waals surface area contributed by atoms with Gasteiger partial charge in [0.05, 0.1) is 18.3 Å². The number of hydrogen-bond acceptors (Lipinski definition) is 4. The Hall–Kier alpha value is -0.160. The van der Waals surface area contributed by atoms with Crippen LogP contribution in [0, 0.1) is 0 Å². The van der Waals surface area contributed by atoms with E-state index in [1.165, 1.54) is 12.8 Å². The topological polar surface area (TPSA) is 33.7 Å². The van der Waals surface area contributed by atoms with Crippen LogP contribution in [-0.2, 0) is 9.47 Å². The van der Waals surface area contributed by atoms with Crippen molar-refractivity contribution in [3.8, 4) is 0 Å². The molecule has 0 saturated carbocycles. The standard InChI is InChI=1S/C15H30N2O2/c1-12(2)16-9-14-5-6-15(19-14)11-17-7-4-8-18-13(3)10-17/h12-16H,4-11H2,1-3H3. The highest BCUT2D eigenvalue weighted by molar-refractivity contribution is 4.79. The van der Waals surface area contributed by atoms with Crippen molar-refractivity contribution >= 4 is 0 Å². The third-order valence-corrected chi connectivity index (χ3v) is 3.95. The van der Waals surface area contributed by atoms with Gasteiger partial charge in [-0.2, -0.15) is 0 Å². The molecule has 4 heteroatoms. The van der Waals surface area contributed by atoms with Crippen molar-refractivity contribution in [3.05, 3.63) is 0 Å². The van der Waals surface area contributed by atoms with Gasteiger partial charge in [-0.1, -0.05) is 13.8 Å². The van der Waals surface area contributed by atoms with Gasteiger partial charge in [0.1, 0.15) is 0 Å². The summed E-state index contributed by atoms with van der Waals surface area (Å²) in [5.41, 5.74) is 0. The summed E-state index contributed by atoms with van der Waals surface area (Å²) < 4.78 is 11.8. The molecule has 0 aromatic rings. The predicted molar refractivity (Wildman–Crippen MR) is 77.5 cm³/mol. The molecule has 2 saturated heterocycles. The van der Waals surface area contributed by atoms with Crippen LogP contribution in [0.2, 0.25) is 0 Å². The molecule has 0 amide bonds. The van der Waals surface area contributed by atoms with E-state index in [0.717, 1.165) is 39.2 Å². The SMILES string of the molecule is CC(C)NCC1CCC(CN2CCCOC(C)C2)O1. The Morgan fingerprint density at radius 3 is 2.84 bits per heavy atom. The highest BCUT2D eigenvalue weighted by atomic mass is 16.5. The van der Waals surface area contributed by atoms with Crippen molar-refractivity contribution in [2.75, 3.05) is 32.8 Å². The highest BCUT2D eigenvalue weighted by Crippen LogP contribution is 2.21. The second-order valence-electron chi connectivity index (χ2n) is 6.31. The fourth-order valence-electron chi connectivity index (χ4n) is 2.97. The first-order valence-electron chi connectivity index (χ1n) is 7.86. The van der Waals surface area contributed by atoms with Gasteiger partial charge in [-0.3, -0.25) is 4.90 Å². The van der Waals surface area contributed by atoms with Gasteiger partial charge < -0.3 is 14.8 Å². The minimum atomic E-state index is 0.363. The van der Waals surface area contributed by atoms with Crippen molar-refractivity contribution in [2.24, 2.45) is 0 Å². The third kappa shape index (κ3) is 5.38. The maximum absolute atomic E-state index is 6.15. The Balaban J connectivity index is 1.69. The summed E-state index contributed by atoms with van der Waals surface area (Å²) in [6.45, 7) is 11.7. The Morgan fingerprint density at radius 2 is 2.05 bits per heavy atom. The maximum atomic E-state index is 6.15. The van der Waals surface area contributed by atoms with E-state index < -0.39 is 0 Å². The Bertz CT molecular complexity index is 261. The van der Waals surface area contributed by atoms with E-state index in [1.54, 1.807) is 0 Å². The lowest BCUT2D eigenvalue weighted by atomic mass is 10.1. The fourth-order valence-corrected chi connectivity index (χ4v) is 2.97. The zero-order chi connectivity index (χ0) is 13.7. The van der Waals surface area contributed by atoms with Gasteiger partial charge >= 0.3 is 0 Å². The summed E-state index contributed by atoms with van der Waals surface area (Å²) in [5.74, 6) is 0. The molecule has 2 aliphatic rings. The molecule has 0 aromatic carbocycles. The molecule has 19 heavy (non-hydrogen) atoms. The van der Waals surface area contributed by atoms with E-state index in [-0.39, 0.29) is 0 Å². The van der Waals surface area contributed by atoms with Gasteiger partial charge in [0.15, 0.2) is 0 Å². The van der Waals surface area contributed by atoms with E-state index in [4.69, 9.17) is 9.47 Å². The molecule has 4 nitrogen and oxygen atoms in total. The third-order valence-electron chi connectivity index (χ3n) is 3.95. The predicted octanol–water partition coefficient (Wildman–Crippen LogP) is 1.64. The molecular weight excluding hydrogens is 240 g/mol. The molecule has 3 atom stereocenters. The van der Waals surface area contributed by atoms with Crippen LogP contribution in [0.25, 0.3) is 0 Å². The second kappa shape index (κ2) is 7.58. The van der Waals surface area contributed by atoms with Gasteiger partial charge in [0, 0.05) is 38.8 Å². The average molecular weight is 270 g/mol. The maximum Gasteiger partial charge on any atom is 0.0707 e. The molecule has 0 spiro atoms. The van der Waals surface area contributed by atoms with Crippen molar-refractivity contribution in [1.82, 2.24) is 10.2 Å². The van der Waals surface area contributed by atoms with E-state index in [2.05, 4.69) is 31.0 Å². The smallest absolute Gasteiger partial charge is 0.0707 e. The van der Waals surface area contributed by atoms with Gasteiger partial charge in [-0.15, -0.1) is 0 Å². The Kier molecular flexibility index (Phi) is 6.07. The molecule has 2 aliphatic heterocycles. The number of rotatable bonds is 5. The second-order valence-corrected chi connectivity index (χ2v) is 6.31. The quantitative estimate of drug-likeness (QED) is 0.823. The van der Waals surface area contributed by atoms with Crippen LogP contribution < -0.4 is 5.32 Å². The van der Waals surface area contributed by atoms with E-state index in [1.807, 2.05) is 0 Å². The van der Waals surface area contributed by atoms with Crippen LogP contribution in [0.4, 0.5) is 0 Å². The fraction of sp³-hybridized carbons (Fsp3) is 1.00. The zero-order valence-electron chi connectivity index (χ0n) is 12.7. The van der Waals surface area contributed by atoms with Crippen LogP contribution >= 0.6 is 0 Å². The molecule has 112 valence electrons. The molecule has 0 bridgehead atoms. The van der Waals surface area contributed by atoms with Gasteiger partial charge in [0.25, 0.3) is 0 Å². The molecule has 2 heterocycles. The van der Waals surface area contributed by atoms with Crippen LogP contribution in [0.5, 0.6) is 0 Å². The van der Waals surface area contributed by atoms with Crippen molar-refractivity contribution in [1.29, 1.82) is 0 Å². The Labute approximate surface area is 117 Å². The lowest BCUT2D eigenvalue weighted by molar-refractivity contribution is 0.0155. The van der Waals surface area contributed by atoms with E-state index in [9.17, 15) is 0 Å². The minimum Gasteiger partial charge on any atom is -0.377 e. The average Bonchev–Trinajstić information content (AvgIpc) is 2.69. The monoisotopic (exact) mass is 270 g/mol. The highest BCUT2D eigenvalue weighted by Gasteiger charge is 2.27. The lowest BCUT2D eigenvalue weighted by Gasteiger charge is -2.25. The zero-order valence-corrected chi connectivity index (χ0v) is 12.7. The van der Waals surface area contributed by atoms with Crippen LogP contribution in [-0.4, -0.2) is 62.0 Å². The lowest BCUT2D eigenvalue weighted by Crippen LogP contribution is -2.37. The summed E-state index contributed by atoms with van der Waals surface area (Å²) in [5, 5.41) is 3.47. The van der Waals surface area contributed by atoms with E-state index in [0.29, 0.717) is 24.4 Å². The number of nitrogens with one attached hydrogen (secondary N) is 1. The summed E-state index contributed by atoms with van der Waals surface area (Å²) in [6.07, 6.45) is 4.75. The van der Waals surface area contributed by atoms with Crippen molar-refractivity contribution in [3.63, 3.8) is 0 Å². The first kappa shape index (κ1) is 15.2. The molecular formula is C15H30N2O2. The van der Waals surface area contributed by atoms with E-state index >= 15 is 0 Å². The van der Waals surface area contributed by atoms with Crippen LogP contribution in [0.3, 0.4) is 0 Å². The minimum absolute atomic E-state index is 0.363. The first-order valence-corrected chi connectivity index (χ1v) is 7.86. The first-order chi connectivity index (χ1) is 9.13. The number of ether oxygens (including phenoxy) is 2. The molecule has 0 radical (unpaired) electrons. The number of hydrogen-bond donors (Lipinski definition) is 1. The van der Waals surface area contributed by atoms with Gasteiger partial charge in [-0.05, 0) is 26.2 Å². The molecule has 2 fully saturated rings. The summed E-state index contributed by atoms with van der Waals surface area (Å²) in [7, 11) is 0. The molecule has 0 aromatic heterocycles. The van der Waals surface area contributed by atoms with Crippen molar-refractivity contribution < 1.29 is 9.47 Å². The van der Waals surface area contributed by atoms with Crippen molar-refractivity contribution in [2.45, 2.75) is 64.4 Å². The van der Waals surface area contributed by atoms with Crippen LogP contribution in [0.1, 0.15) is 40.0 Å². The number of nitrogens with zero attached hydrogens (tertiary/aromatic N) is 1. The molecule has 0 aliphatic carbocycles. The molecule has 2 rings (SSSR count). The molecule has 1 N–H and O–H groups in total. The Morgan fingerprint density at radius 1 is 1.26 bits per heavy atom. The molecule has 3 unspecified atom stereocenters. The normalized spacial score (nSPS) is 33.8. The van der Waals surface area contributed by atoms with Gasteiger partial charge in [0.2, 0.25) is 0 Å². The largest absolute Gasteiger partial charge is 0.377 e. The summed E-state index contributed by atoms with van der Waals surface area (Å²) in [4.78, 5) is 2.51. The van der Waals surface area contributed by atoms with Crippen LogP contribution in [0.15, 0.2) is 0 Å². The van der Waals surface area contributed by atoms with Gasteiger partial charge in [-0.25, -0.2) is 0 Å².